The van der Waals surface area contributed by atoms with Crippen molar-refractivity contribution in [3.63, 3.8) is 0 Å². The molecule has 27 heteroatoms. The van der Waals surface area contributed by atoms with E-state index in [9.17, 15) is 28.7 Å². The fourth-order valence-corrected chi connectivity index (χ4v) is 19.0. The Morgan fingerprint density at radius 1 is 0.516 bits per heavy atom. The summed E-state index contributed by atoms with van der Waals surface area (Å²) in [5.74, 6) is 2.82. The quantitative estimate of drug-likeness (QED) is 0.114. The molecule has 0 saturated carbocycles. The molecule has 6 aromatic heterocycles. The summed E-state index contributed by atoms with van der Waals surface area (Å²) in [5.41, 5.74) is 13.8. The first kappa shape index (κ1) is 82.1. The van der Waals surface area contributed by atoms with E-state index in [0.717, 1.165) is 134 Å². The molecule has 8 aliphatic rings. The van der Waals surface area contributed by atoms with Crippen molar-refractivity contribution >= 4 is 57.7 Å². The van der Waals surface area contributed by atoms with Gasteiger partial charge in [0, 0.05) is 219 Å². The Balaban J connectivity index is 0.000000123. The summed E-state index contributed by atoms with van der Waals surface area (Å²) < 4.78 is 64.3. The molecule has 24 nitrogen and oxygen atoms in total. The first-order valence-corrected chi connectivity index (χ1v) is 42.9. The van der Waals surface area contributed by atoms with E-state index in [1.807, 2.05) is 191 Å². The molecule has 0 radical (unpaired) electrons. The number of aromatic hydroxyl groups is 1. The van der Waals surface area contributed by atoms with Crippen molar-refractivity contribution in [1.82, 2.24) is 58.3 Å². The van der Waals surface area contributed by atoms with Gasteiger partial charge in [-0.1, -0.05) is 72.1 Å². The highest BCUT2D eigenvalue weighted by Gasteiger charge is 2.50. The minimum absolute atomic E-state index is 0. The third kappa shape index (κ3) is 15.4. The zero-order valence-electron chi connectivity index (χ0n) is 69.8. The van der Waals surface area contributed by atoms with Crippen molar-refractivity contribution in [2.24, 2.45) is 14.1 Å². The lowest BCUT2D eigenvalue weighted by molar-refractivity contribution is -0.00981. The van der Waals surface area contributed by atoms with Crippen molar-refractivity contribution in [3.05, 3.63) is 285 Å². The van der Waals surface area contributed by atoms with Gasteiger partial charge in [-0.15, -0.1) is 0 Å². The number of rotatable bonds is 11. The maximum atomic E-state index is 13.6. The summed E-state index contributed by atoms with van der Waals surface area (Å²) >= 11 is 12.4. The molecule has 124 heavy (non-hydrogen) atoms. The van der Waals surface area contributed by atoms with Gasteiger partial charge in [0.2, 0.25) is 5.88 Å². The molecule has 21 rings (SSSR count). The standard InChI is InChI=1S/C26H29N3O3.C25H24N4O2.C24H24ClN3O4.C22H18ClFN2O3.2H2/c1-4-15-31-22-10-9-19(16-18(22)2)25(30)29-13-11-26(12-14-29)21-17-27-28(3)24(21)20-7-5-6-8-23(20)32-26;1-16-7-8-20-17(13-16)14-21(27-20)24(30)29-11-9-25(10-12-29)19-15-26-28(2)23(19)18-5-3-4-6-22(18)31-25;1-30-13-14-31-22-15-17(6-9-26-22)23(29)27-11-7-24(8-12-27)21-3-2-10-28(21)19-5-4-18(25)16-20(19)32-24;23-14-6-7-17-18(13-14)29-22(19-5-2-10-26(17)19)8-11-25(12-9-22)21(28)15-3-1-4-16(24)20(15)27;;/h5-10,16-17H,4,11-15H2,1-3H3;3-8,13-15,27H,9-12H2,1-2H3;2-6,9-10,15-16H,7-8,11-14H2,1H3;1-7,10,13,27H,8-9,11-12H2;2*1H. The Kier molecular flexibility index (Phi) is 22.4. The van der Waals surface area contributed by atoms with Gasteiger partial charge >= 0.3 is 0 Å². The summed E-state index contributed by atoms with van der Waals surface area (Å²) in [6, 6.07) is 57.0. The van der Waals surface area contributed by atoms with Crippen LogP contribution in [0.1, 0.15) is 143 Å². The Labute approximate surface area is 730 Å². The van der Waals surface area contributed by atoms with E-state index in [1.54, 1.807) is 30.3 Å². The summed E-state index contributed by atoms with van der Waals surface area (Å²) in [7, 11) is 5.56. The van der Waals surface area contributed by atoms with Gasteiger partial charge < -0.3 is 72.0 Å². The third-order valence-corrected chi connectivity index (χ3v) is 25.7. The minimum Gasteiger partial charge on any atom is -0.504 e. The van der Waals surface area contributed by atoms with Crippen LogP contribution in [-0.2, 0) is 41.2 Å². The van der Waals surface area contributed by atoms with Crippen LogP contribution in [0.15, 0.2) is 213 Å². The number of aromatic nitrogens is 8. The van der Waals surface area contributed by atoms with E-state index >= 15 is 0 Å². The molecule has 2 N–H and O–H groups in total. The van der Waals surface area contributed by atoms with E-state index in [4.69, 9.17) is 56.4 Å². The van der Waals surface area contributed by atoms with Gasteiger partial charge in [-0.2, -0.15) is 10.2 Å². The number of hydrogen-bond acceptors (Lipinski definition) is 15. The van der Waals surface area contributed by atoms with E-state index in [0.29, 0.717) is 136 Å². The number of fused-ring (bicyclic) bond motifs is 17. The molecule has 8 aliphatic heterocycles. The number of H-pyrrole nitrogens is 1. The van der Waals surface area contributed by atoms with Gasteiger partial charge in [0.05, 0.1) is 65.3 Å². The molecule has 640 valence electrons. The maximum absolute atomic E-state index is 13.6. The van der Waals surface area contributed by atoms with Crippen LogP contribution in [0, 0.1) is 19.7 Å². The lowest BCUT2D eigenvalue weighted by Crippen LogP contribution is -2.50. The van der Waals surface area contributed by atoms with Gasteiger partial charge in [0.1, 0.15) is 52.3 Å². The van der Waals surface area contributed by atoms with Gasteiger partial charge in [-0.3, -0.25) is 28.5 Å². The molecule has 7 aromatic carbocycles. The number of aryl methyl sites for hydroxylation is 4. The minimum atomic E-state index is -0.800. The Morgan fingerprint density at radius 2 is 1.02 bits per heavy atom. The van der Waals surface area contributed by atoms with Gasteiger partial charge in [0.25, 0.3) is 23.6 Å². The average Bonchev–Trinajstić information content (AvgIpc) is 1.41. The highest BCUT2D eigenvalue weighted by atomic mass is 35.5. The van der Waals surface area contributed by atoms with Crippen LogP contribution in [-0.4, -0.2) is 166 Å². The number of para-hydroxylation sites is 3. The predicted octanol–water partition coefficient (Wildman–Crippen LogP) is 18.2. The molecule has 0 unspecified atom stereocenters. The number of pyridine rings is 1. The molecule has 0 atom stereocenters. The number of phenolic OH excluding ortho intramolecular Hbond substituents is 1. The first-order valence-electron chi connectivity index (χ1n) is 42.1. The summed E-state index contributed by atoms with van der Waals surface area (Å²) in [4.78, 5) is 67.2. The lowest BCUT2D eigenvalue weighted by Gasteiger charge is -2.45. The van der Waals surface area contributed by atoms with E-state index in [1.165, 1.54) is 17.7 Å². The Morgan fingerprint density at radius 3 is 1.56 bits per heavy atom. The van der Waals surface area contributed by atoms with E-state index < -0.39 is 34.0 Å². The molecule has 13 aromatic rings. The average molecular weight is 1710 g/mol. The number of benzene rings is 7. The third-order valence-electron chi connectivity index (χ3n) is 25.2. The number of methoxy groups -OCH3 is 1. The first-order chi connectivity index (χ1) is 60.1. The molecular formula is C97H99Cl2FN12O12. The van der Waals surface area contributed by atoms with Crippen LogP contribution < -0.4 is 28.4 Å². The fraction of sp³-hybridized carbons (Fsp3) is 0.309. The van der Waals surface area contributed by atoms with Gasteiger partial charge in [0.15, 0.2) is 22.8 Å². The number of piperidine rings is 4. The van der Waals surface area contributed by atoms with Crippen LogP contribution >= 0.6 is 23.2 Å². The highest BCUT2D eigenvalue weighted by Crippen LogP contribution is 2.53. The monoisotopic (exact) mass is 1710 g/mol. The van der Waals surface area contributed by atoms with Crippen LogP contribution in [0.25, 0.3) is 44.8 Å². The van der Waals surface area contributed by atoms with Crippen molar-refractivity contribution in [2.75, 3.05) is 79.3 Å². The molecule has 4 amide bonds. The Hall–Kier alpha value is -12.8. The Bertz CT molecular complexity index is 6250. The summed E-state index contributed by atoms with van der Waals surface area (Å²) in [5, 5.41) is 21.3. The number of nitrogens with zero attached hydrogens (tertiary/aromatic N) is 11. The second-order valence-corrected chi connectivity index (χ2v) is 33.7. The number of carbonyl (C=O) groups is 4. The number of phenols is 1. The predicted molar refractivity (Wildman–Crippen MR) is 473 cm³/mol. The topological polar surface area (TPSA) is 240 Å². The van der Waals surface area contributed by atoms with Crippen LogP contribution in [0.5, 0.6) is 40.4 Å². The normalized spacial score (nSPS) is 16.5. The number of ether oxygens (including phenoxy) is 7. The number of likely N-dealkylation sites (tertiary alicyclic amines) is 4. The summed E-state index contributed by atoms with van der Waals surface area (Å²) in [6.07, 6.45) is 16.0. The van der Waals surface area contributed by atoms with Crippen molar-refractivity contribution in [2.45, 2.75) is 101 Å². The number of hydrogen-bond donors (Lipinski definition) is 2. The molecular weight excluding hydrogens is 1620 g/mol. The largest absolute Gasteiger partial charge is 0.504 e. The highest BCUT2D eigenvalue weighted by molar-refractivity contribution is 6.31. The van der Waals surface area contributed by atoms with E-state index in [-0.39, 0.29) is 32.0 Å². The second-order valence-electron chi connectivity index (χ2n) is 32.8. The number of amides is 4. The number of halogens is 3. The smallest absolute Gasteiger partial charge is 0.270 e. The zero-order chi connectivity index (χ0) is 85.8. The molecule has 4 spiro atoms. The number of carbonyl (C=O) groups excluding carboxylic acids is 4. The lowest BCUT2D eigenvalue weighted by atomic mass is 9.81. The van der Waals surface area contributed by atoms with E-state index in [2.05, 4.69) is 73.5 Å². The van der Waals surface area contributed by atoms with Crippen LogP contribution in [0.4, 0.5) is 4.39 Å². The fourth-order valence-electron chi connectivity index (χ4n) is 18.7. The molecule has 4 fully saturated rings. The van der Waals surface area contributed by atoms with Crippen LogP contribution in [0.3, 0.4) is 0 Å². The zero-order valence-corrected chi connectivity index (χ0v) is 71.4. The molecule has 4 saturated heterocycles. The molecule has 0 aliphatic carbocycles. The van der Waals surface area contributed by atoms with Crippen molar-refractivity contribution < 1.29 is 64.7 Å². The maximum Gasteiger partial charge on any atom is 0.270 e. The van der Waals surface area contributed by atoms with Gasteiger partial charge in [-0.25, -0.2) is 9.37 Å². The number of aromatic amines is 1. The molecule has 0 bridgehead atoms. The van der Waals surface area contributed by atoms with Crippen molar-refractivity contribution in [1.29, 1.82) is 0 Å². The summed E-state index contributed by atoms with van der Waals surface area (Å²) in [6.45, 7) is 12.3. The second kappa shape index (κ2) is 33.8. The number of nitrogens with one attached hydrogen (secondary N) is 1. The van der Waals surface area contributed by atoms with Gasteiger partial charge in [-0.05, 0) is 153 Å². The van der Waals surface area contributed by atoms with Crippen molar-refractivity contribution in [3.8, 4) is 74.3 Å². The molecule has 14 heterocycles. The van der Waals surface area contributed by atoms with Crippen LogP contribution in [0.2, 0.25) is 10.0 Å². The SMILES string of the molecule is CCCOc1ccc(C(=O)N2CCC3(CC2)Oc2ccccc2-c2c3cnn2C)cc1C.COCCOc1cc(C(=O)N2CCC3(CC2)Oc2cc(Cl)ccc2-n2cccc23)ccn1.Cc1ccc2[nH]c(C(=O)N3CCC4(CC3)Oc3ccccc3-c3c4cnn3C)cc2c1.O=C(c1cccc(F)c1O)N1CCC2(CC1)Oc1cc(Cl)ccc1-n1cccc12.[HH].[HH].